The molecule has 0 N–H and O–H groups in total. The van der Waals surface area contributed by atoms with E-state index in [4.69, 9.17) is 0 Å². The van der Waals surface area contributed by atoms with Crippen molar-refractivity contribution in [1.82, 2.24) is 0 Å². The van der Waals surface area contributed by atoms with Crippen LogP contribution in [0.2, 0.25) is 0 Å². The lowest BCUT2D eigenvalue weighted by atomic mass is 9.44. The van der Waals surface area contributed by atoms with E-state index in [1.165, 1.54) is 64.2 Å². The Bertz CT molecular complexity index is 739. The van der Waals surface area contributed by atoms with Crippen LogP contribution in [0.4, 0.5) is 0 Å². The van der Waals surface area contributed by atoms with Gasteiger partial charge in [-0.15, -0.1) is 0 Å². The molecule has 6 fully saturated rings. The van der Waals surface area contributed by atoms with Crippen LogP contribution in [-0.2, 0) is 4.79 Å². The number of Topliss-reactive ketones (excluding diaryl/α,β-unsaturated/α-hetero) is 1. The summed E-state index contributed by atoms with van der Waals surface area (Å²) in [5.74, 6) is 4.51. The summed E-state index contributed by atoms with van der Waals surface area (Å²) < 4.78 is 0. The fraction of sp³-hybridized carbons (Fsp3) is 0.963. The number of carbonyl (C=O) groups is 1. The molecule has 9 unspecified atom stereocenters. The molecule has 6 saturated carbocycles. The van der Waals surface area contributed by atoms with E-state index in [0.29, 0.717) is 38.8 Å². The third-order valence-electron chi connectivity index (χ3n) is 12.7. The molecule has 1 heteroatoms. The molecule has 3 spiro atoms. The van der Waals surface area contributed by atoms with Gasteiger partial charge in [0.05, 0.1) is 0 Å². The van der Waals surface area contributed by atoms with Crippen molar-refractivity contribution in [3.8, 4) is 0 Å². The maximum absolute atomic E-state index is 13.5. The van der Waals surface area contributed by atoms with E-state index in [1.807, 2.05) is 0 Å². The third kappa shape index (κ3) is 1.54. The summed E-state index contributed by atoms with van der Waals surface area (Å²) in [5.41, 5.74) is 2.74. The van der Waals surface area contributed by atoms with Crippen molar-refractivity contribution >= 4 is 5.78 Å². The first kappa shape index (κ1) is 18.4. The third-order valence-corrected chi connectivity index (χ3v) is 12.7. The summed E-state index contributed by atoms with van der Waals surface area (Å²) in [6, 6.07) is 0. The standard InChI is InChI=1S/C27H42O/c1-17(2)18(3)8-6-9-19-10-11-21(28)20-14-22-23(4)12-7-13-26(22)25(15-23)16-24(19,5)27(20,25)26/h17-20,22H,6-16H2,1-5H3. The van der Waals surface area contributed by atoms with Crippen molar-refractivity contribution in [2.24, 2.45) is 56.7 Å². The van der Waals surface area contributed by atoms with Crippen LogP contribution in [0, 0.1) is 56.7 Å². The lowest BCUT2D eigenvalue weighted by Crippen LogP contribution is -2.54. The van der Waals surface area contributed by atoms with E-state index in [0.717, 1.165) is 30.1 Å². The molecule has 156 valence electrons. The van der Waals surface area contributed by atoms with Crippen LogP contribution < -0.4 is 0 Å². The van der Waals surface area contributed by atoms with Crippen LogP contribution in [0.15, 0.2) is 0 Å². The Morgan fingerprint density at radius 1 is 1.11 bits per heavy atom. The minimum Gasteiger partial charge on any atom is -0.299 e. The number of carbonyl (C=O) groups excluding carboxylic acids is 1. The minimum absolute atomic E-state index is 0.454. The molecule has 0 aromatic carbocycles. The van der Waals surface area contributed by atoms with E-state index >= 15 is 0 Å². The zero-order valence-electron chi connectivity index (χ0n) is 19.1. The molecule has 0 aromatic rings. The molecule has 6 rings (SSSR count). The largest absolute Gasteiger partial charge is 0.299 e. The Morgan fingerprint density at radius 3 is 2.64 bits per heavy atom. The monoisotopic (exact) mass is 382 g/mol. The molecule has 6 aliphatic carbocycles. The van der Waals surface area contributed by atoms with Crippen LogP contribution in [0.1, 0.15) is 105 Å². The molecule has 6 aliphatic rings. The van der Waals surface area contributed by atoms with Crippen molar-refractivity contribution in [3.63, 3.8) is 0 Å². The molecule has 0 amide bonds. The highest BCUT2D eigenvalue weighted by molar-refractivity contribution is 5.86. The van der Waals surface area contributed by atoms with Gasteiger partial charge in [0.15, 0.2) is 0 Å². The lowest BCUT2D eigenvalue weighted by Gasteiger charge is -2.59. The zero-order chi connectivity index (χ0) is 19.7. The van der Waals surface area contributed by atoms with Crippen LogP contribution in [0.3, 0.4) is 0 Å². The molecular formula is C27H42O. The van der Waals surface area contributed by atoms with E-state index in [9.17, 15) is 4.79 Å². The number of rotatable bonds is 5. The van der Waals surface area contributed by atoms with Crippen molar-refractivity contribution in [2.45, 2.75) is 105 Å². The van der Waals surface area contributed by atoms with Gasteiger partial charge in [-0.25, -0.2) is 0 Å². The Kier molecular flexibility index (Phi) is 3.36. The maximum Gasteiger partial charge on any atom is 0.136 e. The summed E-state index contributed by atoms with van der Waals surface area (Å²) >= 11 is 0. The zero-order valence-corrected chi connectivity index (χ0v) is 19.1. The molecule has 0 aromatic heterocycles. The first-order valence-corrected chi connectivity index (χ1v) is 12.7. The van der Waals surface area contributed by atoms with E-state index < -0.39 is 0 Å². The van der Waals surface area contributed by atoms with Gasteiger partial charge in [0.2, 0.25) is 0 Å². The fourth-order valence-corrected chi connectivity index (χ4v) is 11.9. The van der Waals surface area contributed by atoms with Crippen molar-refractivity contribution < 1.29 is 4.79 Å². The normalized spacial score (nSPS) is 58.8. The van der Waals surface area contributed by atoms with Crippen molar-refractivity contribution in [2.75, 3.05) is 0 Å². The minimum atomic E-state index is 0.454. The second kappa shape index (κ2) is 5.11. The highest BCUT2D eigenvalue weighted by Gasteiger charge is 3.06. The van der Waals surface area contributed by atoms with Gasteiger partial charge in [-0.2, -0.15) is 0 Å². The van der Waals surface area contributed by atoms with Crippen LogP contribution >= 0.6 is 0 Å². The van der Waals surface area contributed by atoms with Gasteiger partial charge in [0.1, 0.15) is 5.78 Å². The number of hydrogen-bond donors (Lipinski definition) is 0. The second-order valence-electron chi connectivity index (χ2n) is 13.3. The fourth-order valence-electron chi connectivity index (χ4n) is 11.9. The summed E-state index contributed by atoms with van der Waals surface area (Å²) in [4.78, 5) is 13.5. The van der Waals surface area contributed by atoms with E-state index in [-0.39, 0.29) is 0 Å². The van der Waals surface area contributed by atoms with E-state index in [2.05, 4.69) is 34.6 Å². The molecule has 1 nitrogen and oxygen atoms in total. The summed E-state index contributed by atoms with van der Waals surface area (Å²) in [6.45, 7) is 12.5. The van der Waals surface area contributed by atoms with Gasteiger partial charge in [0, 0.05) is 12.3 Å². The van der Waals surface area contributed by atoms with Gasteiger partial charge in [-0.1, -0.05) is 53.9 Å². The lowest BCUT2D eigenvalue weighted by molar-refractivity contribution is -0.140. The highest BCUT2D eigenvalue weighted by Crippen LogP contribution is 3.10. The smallest absolute Gasteiger partial charge is 0.136 e. The Labute approximate surface area is 172 Å². The van der Waals surface area contributed by atoms with Crippen LogP contribution in [-0.4, -0.2) is 5.78 Å². The molecule has 2 bridgehead atoms. The second-order valence-corrected chi connectivity index (χ2v) is 13.3. The number of ketones is 1. The molecule has 0 saturated heterocycles. The van der Waals surface area contributed by atoms with Gasteiger partial charge in [0.25, 0.3) is 0 Å². The van der Waals surface area contributed by atoms with Gasteiger partial charge in [-0.05, 0) is 95.7 Å². The summed E-state index contributed by atoms with van der Waals surface area (Å²) in [5, 5.41) is 0. The summed E-state index contributed by atoms with van der Waals surface area (Å²) in [6.07, 6.45) is 14.9. The Hall–Kier alpha value is -0.330. The first-order valence-electron chi connectivity index (χ1n) is 12.7. The molecule has 0 aliphatic heterocycles. The maximum atomic E-state index is 13.5. The molecule has 0 radical (unpaired) electrons. The van der Waals surface area contributed by atoms with Gasteiger partial charge >= 0.3 is 0 Å². The Balaban J connectivity index is 1.33. The molecular weight excluding hydrogens is 340 g/mol. The van der Waals surface area contributed by atoms with Gasteiger partial charge < -0.3 is 0 Å². The first-order chi connectivity index (χ1) is 13.2. The SMILES string of the molecule is CC(C)C(C)CCCC1CCC(=O)C2CC3C4(C)CCCC35C3(C4)CC1(C)C235. The predicted molar refractivity (Wildman–Crippen MR) is 114 cm³/mol. The molecule has 28 heavy (non-hydrogen) atoms. The van der Waals surface area contributed by atoms with E-state index in [1.54, 1.807) is 0 Å². The van der Waals surface area contributed by atoms with Crippen molar-refractivity contribution in [1.29, 1.82) is 0 Å². The quantitative estimate of drug-likeness (QED) is 0.498. The topological polar surface area (TPSA) is 17.1 Å². The predicted octanol–water partition coefficient (Wildman–Crippen LogP) is 7.04. The van der Waals surface area contributed by atoms with Gasteiger partial charge in [-0.3, -0.25) is 4.79 Å². The average Bonchev–Trinajstić information content (AvgIpc) is 2.83. The number of hydrogen-bond acceptors (Lipinski definition) is 1. The van der Waals surface area contributed by atoms with Crippen molar-refractivity contribution in [3.05, 3.63) is 0 Å². The molecule has 0 heterocycles. The average molecular weight is 383 g/mol. The Morgan fingerprint density at radius 2 is 1.89 bits per heavy atom. The van der Waals surface area contributed by atoms with Crippen LogP contribution in [0.25, 0.3) is 0 Å². The van der Waals surface area contributed by atoms with Crippen LogP contribution in [0.5, 0.6) is 0 Å². The summed E-state index contributed by atoms with van der Waals surface area (Å²) in [7, 11) is 0. The molecule has 9 atom stereocenters. The highest BCUT2D eigenvalue weighted by atomic mass is 16.1.